The highest BCUT2D eigenvalue weighted by Crippen LogP contribution is 2.23. The standard InChI is InChI=1S/C19H18ClN3O3/c1-11-6-4-9-17-21-16(10-23(11)17)19(25)26-13(3)18(24)22-15-8-5-7-14(20)12(15)2/h4-10,13H,1-3H3,(H,22,24)/t13-/m0/s1. The van der Waals surface area contributed by atoms with Gasteiger partial charge in [-0.25, -0.2) is 9.78 Å². The monoisotopic (exact) mass is 371 g/mol. The molecule has 3 aromatic rings. The van der Waals surface area contributed by atoms with E-state index in [1.54, 1.807) is 41.8 Å². The highest BCUT2D eigenvalue weighted by Gasteiger charge is 2.21. The fourth-order valence-electron chi connectivity index (χ4n) is 2.50. The van der Waals surface area contributed by atoms with Crippen LogP contribution in [-0.2, 0) is 9.53 Å². The molecule has 0 aliphatic heterocycles. The first-order chi connectivity index (χ1) is 12.4. The number of hydrogen-bond donors (Lipinski definition) is 1. The molecule has 2 heterocycles. The second-order valence-electron chi connectivity index (χ2n) is 5.97. The van der Waals surface area contributed by atoms with E-state index in [9.17, 15) is 9.59 Å². The maximum atomic E-state index is 12.3. The van der Waals surface area contributed by atoms with Crippen molar-refractivity contribution in [2.75, 3.05) is 5.32 Å². The summed E-state index contributed by atoms with van der Waals surface area (Å²) in [4.78, 5) is 28.9. The molecule has 0 fully saturated rings. The van der Waals surface area contributed by atoms with Crippen LogP contribution in [0.1, 0.15) is 28.7 Å². The fraction of sp³-hybridized carbons (Fsp3) is 0.211. The molecule has 134 valence electrons. The van der Waals surface area contributed by atoms with Gasteiger partial charge in [-0.15, -0.1) is 0 Å². The lowest BCUT2D eigenvalue weighted by Crippen LogP contribution is -2.30. The molecule has 0 bridgehead atoms. The molecule has 0 unspecified atom stereocenters. The maximum Gasteiger partial charge on any atom is 0.359 e. The summed E-state index contributed by atoms with van der Waals surface area (Å²) in [6.07, 6.45) is 0.616. The molecule has 0 saturated carbocycles. The molecule has 1 atom stereocenters. The van der Waals surface area contributed by atoms with Crippen LogP contribution in [0.5, 0.6) is 0 Å². The number of carbonyl (C=O) groups is 2. The van der Waals surface area contributed by atoms with E-state index in [1.807, 2.05) is 19.1 Å². The van der Waals surface area contributed by atoms with Crippen molar-refractivity contribution in [3.63, 3.8) is 0 Å². The van der Waals surface area contributed by atoms with Crippen LogP contribution in [0.15, 0.2) is 42.6 Å². The summed E-state index contributed by atoms with van der Waals surface area (Å²) in [7, 11) is 0. The molecule has 7 heteroatoms. The van der Waals surface area contributed by atoms with Crippen molar-refractivity contribution in [3.05, 3.63) is 64.6 Å². The number of pyridine rings is 1. The van der Waals surface area contributed by atoms with Gasteiger partial charge in [0.25, 0.3) is 5.91 Å². The minimum absolute atomic E-state index is 0.151. The summed E-state index contributed by atoms with van der Waals surface area (Å²) in [5, 5.41) is 3.27. The summed E-state index contributed by atoms with van der Waals surface area (Å²) in [5.74, 6) is -1.10. The third-order valence-corrected chi connectivity index (χ3v) is 4.49. The van der Waals surface area contributed by atoms with Crippen molar-refractivity contribution in [1.82, 2.24) is 9.38 Å². The number of anilines is 1. The Morgan fingerprint density at radius 2 is 1.92 bits per heavy atom. The third-order valence-electron chi connectivity index (χ3n) is 4.08. The summed E-state index contributed by atoms with van der Waals surface area (Å²) in [6, 6.07) is 10.8. The van der Waals surface area contributed by atoms with Gasteiger partial charge in [0.1, 0.15) is 5.65 Å². The number of nitrogens with one attached hydrogen (secondary N) is 1. The number of imidazole rings is 1. The normalized spacial score (nSPS) is 12.0. The van der Waals surface area contributed by atoms with Gasteiger partial charge in [0.05, 0.1) is 0 Å². The zero-order valence-electron chi connectivity index (χ0n) is 14.6. The Labute approximate surface area is 155 Å². The molecule has 3 rings (SSSR count). The zero-order chi connectivity index (χ0) is 18.8. The van der Waals surface area contributed by atoms with Crippen molar-refractivity contribution < 1.29 is 14.3 Å². The number of esters is 1. The summed E-state index contributed by atoms with van der Waals surface area (Å²) in [6.45, 7) is 5.22. The predicted octanol–water partition coefficient (Wildman–Crippen LogP) is 3.79. The number of aromatic nitrogens is 2. The summed E-state index contributed by atoms with van der Waals surface area (Å²) < 4.78 is 7.04. The number of halogens is 1. The second kappa shape index (κ2) is 7.17. The predicted molar refractivity (Wildman–Crippen MR) is 99.6 cm³/mol. The minimum atomic E-state index is -0.980. The van der Waals surface area contributed by atoms with Crippen LogP contribution < -0.4 is 5.32 Å². The van der Waals surface area contributed by atoms with Crippen molar-refractivity contribution in [1.29, 1.82) is 0 Å². The van der Waals surface area contributed by atoms with E-state index < -0.39 is 18.0 Å². The van der Waals surface area contributed by atoms with E-state index in [2.05, 4.69) is 10.3 Å². The number of hydrogen-bond acceptors (Lipinski definition) is 4. The number of nitrogens with zero attached hydrogens (tertiary/aromatic N) is 2. The van der Waals surface area contributed by atoms with Crippen LogP contribution in [0.4, 0.5) is 5.69 Å². The Morgan fingerprint density at radius 1 is 1.19 bits per heavy atom. The van der Waals surface area contributed by atoms with Crippen molar-refractivity contribution in [2.24, 2.45) is 0 Å². The molecule has 26 heavy (non-hydrogen) atoms. The topological polar surface area (TPSA) is 72.7 Å². The molecule has 0 aliphatic rings. The van der Waals surface area contributed by atoms with E-state index in [-0.39, 0.29) is 5.69 Å². The Balaban J connectivity index is 1.70. The van der Waals surface area contributed by atoms with Crippen molar-refractivity contribution in [2.45, 2.75) is 26.9 Å². The summed E-state index contributed by atoms with van der Waals surface area (Å²) >= 11 is 6.05. The molecule has 0 saturated heterocycles. The third kappa shape index (κ3) is 3.55. The Morgan fingerprint density at radius 3 is 2.65 bits per heavy atom. The highest BCUT2D eigenvalue weighted by atomic mass is 35.5. The Bertz CT molecular complexity index is 997. The van der Waals surface area contributed by atoms with Crippen LogP contribution in [0, 0.1) is 13.8 Å². The molecule has 2 aromatic heterocycles. The molecule has 1 N–H and O–H groups in total. The lowest BCUT2D eigenvalue weighted by Gasteiger charge is -2.14. The number of fused-ring (bicyclic) bond motifs is 1. The van der Waals surface area contributed by atoms with Gasteiger partial charge in [0.15, 0.2) is 11.8 Å². The maximum absolute atomic E-state index is 12.3. The fourth-order valence-corrected chi connectivity index (χ4v) is 2.67. The van der Waals surface area contributed by atoms with Gasteiger partial charge < -0.3 is 14.5 Å². The van der Waals surface area contributed by atoms with E-state index >= 15 is 0 Å². The minimum Gasteiger partial charge on any atom is -0.448 e. The molecular weight excluding hydrogens is 354 g/mol. The Kier molecular flexibility index (Phi) is 4.95. The molecule has 0 radical (unpaired) electrons. The van der Waals surface area contributed by atoms with Gasteiger partial charge in [-0.05, 0) is 50.6 Å². The largest absolute Gasteiger partial charge is 0.448 e. The smallest absolute Gasteiger partial charge is 0.359 e. The average molecular weight is 372 g/mol. The number of benzene rings is 1. The SMILES string of the molecule is Cc1c(Cl)cccc1NC(=O)[C@H](C)OC(=O)c1cn2c(C)cccc2n1. The van der Waals surface area contributed by atoms with Crippen LogP contribution in [0.3, 0.4) is 0 Å². The molecule has 6 nitrogen and oxygen atoms in total. The lowest BCUT2D eigenvalue weighted by atomic mass is 10.2. The van der Waals surface area contributed by atoms with Gasteiger partial charge in [-0.3, -0.25) is 4.79 Å². The average Bonchev–Trinajstić information content (AvgIpc) is 3.04. The van der Waals surface area contributed by atoms with Crippen LogP contribution in [0.2, 0.25) is 5.02 Å². The number of carbonyl (C=O) groups excluding carboxylic acids is 2. The second-order valence-corrected chi connectivity index (χ2v) is 6.38. The number of amides is 1. The van der Waals surface area contributed by atoms with Gasteiger partial charge in [0, 0.05) is 22.6 Å². The Hall–Kier alpha value is -2.86. The van der Waals surface area contributed by atoms with E-state index in [0.29, 0.717) is 16.4 Å². The van der Waals surface area contributed by atoms with Gasteiger partial charge >= 0.3 is 5.97 Å². The number of ether oxygens (including phenoxy) is 1. The number of aryl methyl sites for hydroxylation is 1. The first kappa shape index (κ1) is 17.9. The van der Waals surface area contributed by atoms with Crippen LogP contribution in [-0.4, -0.2) is 27.4 Å². The van der Waals surface area contributed by atoms with Crippen molar-refractivity contribution >= 4 is 34.8 Å². The van der Waals surface area contributed by atoms with Gasteiger partial charge in [-0.2, -0.15) is 0 Å². The molecule has 1 amide bonds. The van der Waals surface area contributed by atoms with Gasteiger partial charge in [0.2, 0.25) is 0 Å². The van der Waals surface area contributed by atoms with E-state index in [1.165, 1.54) is 6.92 Å². The number of rotatable bonds is 4. The van der Waals surface area contributed by atoms with E-state index in [0.717, 1.165) is 11.3 Å². The molecule has 1 aromatic carbocycles. The highest BCUT2D eigenvalue weighted by molar-refractivity contribution is 6.31. The summed E-state index contributed by atoms with van der Waals surface area (Å²) in [5.41, 5.74) is 3.06. The zero-order valence-corrected chi connectivity index (χ0v) is 15.4. The lowest BCUT2D eigenvalue weighted by molar-refractivity contribution is -0.123. The molecular formula is C19H18ClN3O3. The van der Waals surface area contributed by atoms with Crippen molar-refractivity contribution in [3.8, 4) is 0 Å². The first-order valence-electron chi connectivity index (χ1n) is 8.08. The molecule has 0 spiro atoms. The first-order valence-corrected chi connectivity index (χ1v) is 8.46. The van der Waals surface area contributed by atoms with Crippen LogP contribution >= 0.6 is 11.6 Å². The van der Waals surface area contributed by atoms with E-state index in [4.69, 9.17) is 16.3 Å². The quantitative estimate of drug-likeness (QED) is 0.708. The van der Waals surface area contributed by atoms with Crippen LogP contribution in [0.25, 0.3) is 5.65 Å². The van der Waals surface area contributed by atoms with Gasteiger partial charge in [-0.1, -0.05) is 23.7 Å². The molecule has 0 aliphatic carbocycles.